The third-order valence-corrected chi connectivity index (χ3v) is 3.54. The predicted molar refractivity (Wildman–Crippen MR) is 81.3 cm³/mol. The number of likely N-dealkylation sites (tertiary alicyclic amines) is 1. The van der Waals surface area contributed by atoms with Crippen molar-refractivity contribution in [2.75, 3.05) is 25.0 Å². The van der Waals surface area contributed by atoms with E-state index in [1.807, 2.05) is 24.3 Å². The Labute approximate surface area is 119 Å². The van der Waals surface area contributed by atoms with Crippen molar-refractivity contribution in [1.82, 2.24) is 4.90 Å². The van der Waals surface area contributed by atoms with Crippen molar-refractivity contribution in [1.29, 1.82) is 0 Å². The number of anilines is 1. The van der Waals surface area contributed by atoms with Crippen molar-refractivity contribution < 1.29 is 4.79 Å². The highest BCUT2D eigenvalue weighted by Gasteiger charge is 2.12. The molecule has 19 heavy (non-hydrogen) atoms. The molecule has 102 valence electrons. The van der Waals surface area contributed by atoms with Gasteiger partial charge in [0.15, 0.2) is 0 Å². The first-order valence-electron chi connectivity index (χ1n) is 6.57. The molecule has 1 aliphatic heterocycles. The van der Waals surface area contributed by atoms with E-state index in [-0.39, 0.29) is 5.91 Å². The van der Waals surface area contributed by atoms with Crippen molar-refractivity contribution in [3.8, 4) is 0 Å². The Kier molecular flexibility index (Phi) is 4.87. The molecule has 1 heterocycles. The number of hydrogen-bond acceptors (Lipinski definition) is 3. The minimum Gasteiger partial charge on any atom is -0.389 e. The maximum absolute atomic E-state index is 11.8. The van der Waals surface area contributed by atoms with Crippen molar-refractivity contribution in [3.63, 3.8) is 0 Å². The Bertz CT molecular complexity index is 452. The van der Waals surface area contributed by atoms with Gasteiger partial charge in [-0.25, -0.2) is 0 Å². The maximum Gasteiger partial charge on any atom is 0.225 e. The van der Waals surface area contributed by atoms with Gasteiger partial charge in [0, 0.05) is 24.2 Å². The summed E-state index contributed by atoms with van der Waals surface area (Å²) in [4.78, 5) is 14.5. The average Bonchev–Trinajstić information content (AvgIpc) is 2.90. The third-order valence-electron chi connectivity index (χ3n) is 3.31. The summed E-state index contributed by atoms with van der Waals surface area (Å²) >= 11 is 4.88. The number of nitrogens with one attached hydrogen (secondary N) is 1. The third kappa shape index (κ3) is 4.29. The van der Waals surface area contributed by atoms with Crippen molar-refractivity contribution in [3.05, 3.63) is 29.8 Å². The van der Waals surface area contributed by atoms with E-state index in [1.54, 1.807) is 0 Å². The standard InChI is InChI=1S/C14H19N3OS/c15-14(19)11-3-5-12(6-4-11)16-13(18)7-10-17-8-1-2-9-17/h3-6H,1-2,7-10H2,(H2,15,19)(H,16,18). The molecule has 0 unspecified atom stereocenters. The Morgan fingerprint density at radius 2 is 1.89 bits per heavy atom. The molecule has 0 spiro atoms. The second-order valence-electron chi connectivity index (χ2n) is 4.79. The lowest BCUT2D eigenvalue weighted by molar-refractivity contribution is -0.116. The Balaban J connectivity index is 1.79. The maximum atomic E-state index is 11.8. The normalized spacial score (nSPS) is 15.4. The quantitative estimate of drug-likeness (QED) is 0.805. The van der Waals surface area contributed by atoms with Crippen LogP contribution in [0.1, 0.15) is 24.8 Å². The molecule has 4 nitrogen and oxygen atoms in total. The van der Waals surface area contributed by atoms with E-state index in [0.29, 0.717) is 11.4 Å². The van der Waals surface area contributed by atoms with Gasteiger partial charge in [-0.15, -0.1) is 0 Å². The van der Waals surface area contributed by atoms with Crippen LogP contribution in [0.2, 0.25) is 0 Å². The van der Waals surface area contributed by atoms with Gasteiger partial charge in [-0.1, -0.05) is 12.2 Å². The fraction of sp³-hybridized carbons (Fsp3) is 0.429. The molecular weight excluding hydrogens is 258 g/mol. The SMILES string of the molecule is NC(=S)c1ccc(NC(=O)CCN2CCCC2)cc1. The molecule has 0 bridgehead atoms. The molecule has 0 radical (unpaired) electrons. The lowest BCUT2D eigenvalue weighted by atomic mass is 10.2. The molecule has 1 aromatic rings. The van der Waals surface area contributed by atoms with E-state index < -0.39 is 0 Å². The van der Waals surface area contributed by atoms with E-state index in [0.717, 1.165) is 30.9 Å². The summed E-state index contributed by atoms with van der Waals surface area (Å²) in [7, 11) is 0. The van der Waals surface area contributed by atoms with Crippen LogP contribution in [0.5, 0.6) is 0 Å². The van der Waals surface area contributed by atoms with Crippen LogP contribution in [0, 0.1) is 0 Å². The van der Waals surface area contributed by atoms with Gasteiger partial charge in [0.25, 0.3) is 0 Å². The highest BCUT2D eigenvalue weighted by Crippen LogP contribution is 2.11. The van der Waals surface area contributed by atoms with Crippen LogP contribution >= 0.6 is 12.2 Å². The Hall–Kier alpha value is -1.46. The molecule has 1 aromatic carbocycles. The monoisotopic (exact) mass is 277 g/mol. The number of amides is 1. The van der Waals surface area contributed by atoms with Crippen LogP contribution in [0.15, 0.2) is 24.3 Å². The van der Waals surface area contributed by atoms with Crippen molar-refractivity contribution in [2.45, 2.75) is 19.3 Å². The van der Waals surface area contributed by atoms with Gasteiger partial charge >= 0.3 is 0 Å². The molecule has 2 rings (SSSR count). The Morgan fingerprint density at radius 3 is 2.47 bits per heavy atom. The number of carbonyl (C=O) groups excluding carboxylic acids is 1. The van der Waals surface area contributed by atoms with Gasteiger partial charge in [-0.05, 0) is 50.2 Å². The van der Waals surface area contributed by atoms with E-state index in [2.05, 4.69) is 10.2 Å². The van der Waals surface area contributed by atoms with E-state index in [4.69, 9.17) is 18.0 Å². The van der Waals surface area contributed by atoms with Crippen molar-refractivity contribution >= 4 is 28.8 Å². The lowest BCUT2D eigenvalue weighted by Gasteiger charge is -2.14. The summed E-state index contributed by atoms with van der Waals surface area (Å²) in [6.45, 7) is 3.09. The van der Waals surface area contributed by atoms with Gasteiger partial charge < -0.3 is 16.0 Å². The molecule has 1 aliphatic rings. The number of nitrogens with zero attached hydrogens (tertiary/aromatic N) is 1. The Morgan fingerprint density at radius 1 is 1.26 bits per heavy atom. The van der Waals surface area contributed by atoms with E-state index in [1.165, 1.54) is 12.8 Å². The van der Waals surface area contributed by atoms with Gasteiger partial charge in [-0.3, -0.25) is 4.79 Å². The largest absolute Gasteiger partial charge is 0.389 e. The summed E-state index contributed by atoms with van der Waals surface area (Å²) in [5, 5.41) is 2.88. The molecular formula is C14H19N3OS. The zero-order valence-electron chi connectivity index (χ0n) is 10.9. The van der Waals surface area contributed by atoms with Gasteiger partial charge in [0.1, 0.15) is 4.99 Å². The first-order valence-corrected chi connectivity index (χ1v) is 6.98. The zero-order chi connectivity index (χ0) is 13.7. The molecule has 5 heteroatoms. The summed E-state index contributed by atoms with van der Waals surface area (Å²) in [6, 6.07) is 7.28. The number of carbonyl (C=O) groups is 1. The van der Waals surface area contributed by atoms with Gasteiger partial charge in [0.2, 0.25) is 5.91 Å². The number of hydrogen-bond donors (Lipinski definition) is 2. The van der Waals surface area contributed by atoms with Crippen LogP contribution in [-0.4, -0.2) is 35.4 Å². The van der Waals surface area contributed by atoms with E-state index in [9.17, 15) is 4.79 Å². The minimum atomic E-state index is 0.0509. The molecule has 3 N–H and O–H groups in total. The summed E-state index contributed by atoms with van der Waals surface area (Å²) in [6.07, 6.45) is 3.04. The average molecular weight is 277 g/mol. The number of nitrogens with two attached hydrogens (primary N) is 1. The summed E-state index contributed by atoms with van der Waals surface area (Å²) in [5.41, 5.74) is 7.12. The number of rotatable bonds is 5. The fourth-order valence-corrected chi connectivity index (χ4v) is 2.34. The predicted octanol–water partition coefficient (Wildman–Crippen LogP) is 1.75. The van der Waals surface area contributed by atoms with Crippen molar-refractivity contribution in [2.24, 2.45) is 5.73 Å². The molecule has 0 atom stereocenters. The number of thiocarbonyl (C=S) groups is 1. The van der Waals surface area contributed by atoms with Crippen LogP contribution in [0.25, 0.3) is 0 Å². The van der Waals surface area contributed by atoms with Gasteiger partial charge in [0.05, 0.1) is 0 Å². The van der Waals surface area contributed by atoms with Crippen LogP contribution in [0.4, 0.5) is 5.69 Å². The summed E-state index contributed by atoms with van der Waals surface area (Å²) < 4.78 is 0. The fourth-order valence-electron chi connectivity index (χ4n) is 2.21. The topological polar surface area (TPSA) is 58.4 Å². The van der Waals surface area contributed by atoms with E-state index >= 15 is 0 Å². The van der Waals surface area contributed by atoms with Crippen LogP contribution in [-0.2, 0) is 4.79 Å². The second kappa shape index (κ2) is 6.63. The molecule has 1 fully saturated rings. The van der Waals surface area contributed by atoms with Crippen LogP contribution < -0.4 is 11.1 Å². The highest BCUT2D eigenvalue weighted by atomic mass is 32.1. The van der Waals surface area contributed by atoms with Crippen LogP contribution in [0.3, 0.4) is 0 Å². The lowest BCUT2D eigenvalue weighted by Crippen LogP contribution is -2.25. The molecule has 1 saturated heterocycles. The first kappa shape index (κ1) is 14.0. The molecule has 0 saturated carbocycles. The zero-order valence-corrected chi connectivity index (χ0v) is 11.7. The second-order valence-corrected chi connectivity index (χ2v) is 5.23. The first-order chi connectivity index (χ1) is 9.15. The molecule has 0 aromatic heterocycles. The van der Waals surface area contributed by atoms with Gasteiger partial charge in [-0.2, -0.15) is 0 Å². The highest BCUT2D eigenvalue weighted by molar-refractivity contribution is 7.80. The molecule has 0 aliphatic carbocycles. The molecule has 1 amide bonds. The number of benzene rings is 1. The minimum absolute atomic E-state index is 0.0509. The summed E-state index contributed by atoms with van der Waals surface area (Å²) in [5.74, 6) is 0.0509. The smallest absolute Gasteiger partial charge is 0.225 e.